The van der Waals surface area contributed by atoms with Gasteiger partial charge in [0.2, 0.25) is 5.91 Å². The average molecular weight is 470 g/mol. The van der Waals surface area contributed by atoms with Gasteiger partial charge >= 0.3 is 5.69 Å². The Morgan fingerprint density at radius 3 is 2.65 bits per heavy atom. The zero-order chi connectivity index (χ0) is 22.5. The Morgan fingerprint density at radius 1 is 1.29 bits per heavy atom. The summed E-state index contributed by atoms with van der Waals surface area (Å²) in [5, 5.41) is 3.68. The van der Waals surface area contributed by atoms with Crippen LogP contribution in [0.1, 0.15) is 37.6 Å². The normalized spacial score (nSPS) is 20.7. The molecule has 1 aromatic heterocycles. The number of amides is 1. The molecule has 3 rings (SSSR count). The average Bonchev–Trinajstić information content (AvgIpc) is 3.12. The van der Waals surface area contributed by atoms with Gasteiger partial charge in [-0.1, -0.05) is 36.2 Å². The molecule has 2 heterocycles. The summed E-state index contributed by atoms with van der Waals surface area (Å²) in [7, 11) is 0. The van der Waals surface area contributed by atoms with Gasteiger partial charge in [0, 0.05) is 41.4 Å². The van der Waals surface area contributed by atoms with Gasteiger partial charge < -0.3 is 14.8 Å². The highest BCUT2D eigenvalue weighted by Gasteiger charge is 2.37. The fourth-order valence-electron chi connectivity index (χ4n) is 3.58. The number of aromatic amines is 1. The number of nitrogens with one attached hydrogen (secondary N) is 2. The van der Waals surface area contributed by atoms with Crippen molar-refractivity contribution in [1.29, 1.82) is 0 Å². The van der Waals surface area contributed by atoms with Gasteiger partial charge in [-0.25, -0.2) is 4.79 Å². The molecule has 2 N–H and O–H groups in total. The van der Waals surface area contributed by atoms with Crippen LogP contribution >= 0.6 is 23.2 Å². The lowest BCUT2D eigenvalue weighted by Crippen LogP contribution is -2.39. The number of carbonyl (C=O) groups excluding carboxylic acids is 1. The van der Waals surface area contributed by atoms with Crippen LogP contribution < -0.4 is 16.6 Å². The predicted octanol–water partition coefficient (Wildman–Crippen LogP) is 2.46. The zero-order valence-electron chi connectivity index (χ0n) is 17.3. The van der Waals surface area contributed by atoms with Crippen molar-refractivity contribution in [1.82, 2.24) is 14.9 Å². The third-order valence-corrected chi connectivity index (χ3v) is 5.90. The maximum absolute atomic E-state index is 12.4. The molecule has 3 atom stereocenters. The first kappa shape index (κ1) is 23.5. The smallest absolute Gasteiger partial charge is 0.330 e. The van der Waals surface area contributed by atoms with Crippen LogP contribution in [0, 0.1) is 0 Å². The lowest BCUT2D eigenvalue weighted by atomic mass is 10.1. The molecule has 0 aliphatic carbocycles. The van der Waals surface area contributed by atoms with E-state index in [0.29, 0.717) is 40.6 Å². The molecule has 31 heavy (non-hydrogen) atoms. The summed E-state index contributed by atoms with van der Waals surface area (Å²) in [5.41, 5.74) is 0.108. The Hall–Kier alpha value is -2.13. The van der Waals surface area contributed by atoms with Gasteiger partial charge in [0.1, 0.15) is 12.3 Å². The second-order valence-electron chi connectivity index (χ2n) is 7.21. The van der Waals surface area contributed by atoms with Gasteiger partial charge in [-0.3, -0.25) is 19.1 Å². The zero-order valence-corrected chi connectivity index (χ0v) is 18.8. The monoisotopic (exact) mass is 469 g/mol. The second kappa shape index (κ2) is 10.5. The molecule has 0 saturated carbocycles. The molecule has 0 unspecified atom stereocenters. The molecular weight excluding hydrogens is 445 g/mol. The van der Waals surface area contributed by atoms with Crippen LogP contribution in [0.2, 0.25) is 10.0 Å². The molecule has 10 heteroatoms. The fraction of sp³-hybridized carbons (Fsp3) is 0.476. The minimum Gasteiger partial charge on any atom is -0.376 e. The molecule has 1 aromatic carbocycles. The summed E-state index contributed by atoms with van der Waals surface area (Å²) >= 11 is 12.3. The molecule has 0 radical (unpaired) electrons. The van der Waals surface area contributed by atoms with E-state index in [1.54, 1.807) is 18.2 Å². The van der Waals surface area contributed by atoms with Crippen molar-refractivity contribution in [3.63, 3.8) is 0 Å². The number of halogens is 2. The highest BCUT2D eigenvalue weighted by Crippen LogP contribution is 2.30. The van der Waals surface area contributed by atoms with Gasteiger partial charge in [0.15, 0.2) is 0 Å². The molecule has 1 fully saturated rings. The van der Waals surface area contributed by atoms with Crippen molar-refractivity contribution in [3.05, 3.63) is 66.4 Å². The summed E-state index contributed by atoms with van der Waals surface area (Å²) < 4.78 is 13.2. The third-order valence-electron chi connectivity index (χ3n) is 5.19. The molecule has 1 aliphatic rings. The first-order valence-electron chi connectivity index (χ1n) is 10.1. The van der Waals surface area contributed by atoms with Crippen molar-refractivity contribution < 1.29 is 14.3 Å². The second-order valence-corrected chi connectivity index (χ2v) is 8.03. The molecule has 1 saturated heterocycles. The Labute approximate surface area is 189 Å². The Kier molecular flexibility index (Phi) is 7.94. The fourth-order valence-corrected chi connectivity index (χ4v) is 4.11. The molecule has 0 bridgehead atoms. The molecular formula is C21H25Cl2N3O5. The quantitative estimate of drug-likeness (QED) is 0.617. The number of aryl methyl sites for hydroxylation is 1. The van der Waals surface area contributed by atoms with Crippen molar-refractivity contribution in [2.75, 3.05) is 13.2 Å². The van der Waals surface area contributed by atoms with Gasteiger partial charge in [0.05, 0.1) is 12.5 Å². The molecule has 8 nitrogen and oxygen atoms in total. The van der Waals surface area contributed by atoms with E-state index in [1.807, 2.05) is 13.8 Å². The number of aromatic nitrogens is 2. The molecule has 0 spiro atoms. The van der Waals surface area contributed by atoms with E-state index in [4.69, 9.17) is 32.7 Å². The lowest BCUT2D eigenvalue weighted by molar-refractivity contribution is -0.121. The summed E-state index contributed by atoms with van der Waals surface area (Å²) in [4.78, 5) is 38.9. The number of hydrogen-bond acceptors (Lipinski definition) is 5. The molecule has 168 valence electrons. The van der Waals surface area contributed by atoms with Gasteiger partial charge in [0.25, 0.3) is 5.56 Å². The maximum atomic E-state index is 12.4. The van der Waals surface area contributed by atoms with E-state index >= 15 is 0 Å². The topological polar surface area (TPSA) is 102 Å². The van der Waals surface area contributed by atoms with Gasteiger partial charge in [-0.2, -0.15) is 0 Å². The van der Waals surface area contributed by atoms with Crippen LogP contribution in [0.3, 0.4) is 0 Å². The van der Waals surface area contributed by atoms with Crippen molar-refractivity contribution in [2.45, 2.75) is 51.5 Å². The van der Waals surface area contributed by atoms with Crippen LogP contribution in [0.5, 0.6) is 0 Å². The highest BCUT2D eigenvalue weighted by molar-refractivity contribution is 6.36. The van der Waals surface area contributed by atoms with Crippen LogP contribution in [0.25, 0.3) is 0 Å². The number of hydrogen-bond donors (Lipinski definition) is 2. The minimum atomic E-state index is -0.605. The van der Waals surface area contributed by atoms with Crippen molar-refractivity contribution in [2.24, 2.45) is 0 Å². The van der Waals surface area contributed by atoms with E-state index in [9.17, 15) is 14.4 Å². The number of carbonyl (C=O) groups is 1. The summed E-state index contributed by atoms with van der Waals surface area (Å²) in [5.74, 6) is -0.258. The number of benzene rings is 1. The van der Waals surface area contributed by atoms with E-state index < -0.39 is 23.6 Å². The lowest BCUT2D eigenvalue weighted by Gasteiger charge is -2.19. The van der Waals surface area contributed by atoms with E-state index in [0.717, 1.165) is 0 Å². The largest absolute Gasteiger partial charge is 0.376 e. The Bertz CT molecular complexity index is 1030. The first-order chi connectivity index (χ1) is 14.8. The van der Waals surface area contributed by atoms with E-state index in [-0.39, 0.29) is 25.0 Å². The van der Waals surface area contributed by atoms with Crippen molar-refractivity contribution in [3.8, 4) is 0 Å². The molecule has 1 amide bonds. The van der Waals surface area contributed by atoms with Crippen LogP contribution in [0.4, 0.5) is 0 Å². The maximum Gasteiger partial charge on any atom is 0.330 e. The van der Waals surface area contributed by atoms with E-state index in [1.165, 1.54) is 10.8 Å². The first-order valence-corrected chi connectivity index (χ1v) is 10.9. The summed E-state index contributed by atoms with van der Waals surface area (Å²) in [6, 6.07) is 5.07. The van der Waals surface area contributed by atoms with E-state index in [2.05, 4.69) is 10.3 Å². The number of ether oxygens (including phenoxy) is 2. The van der Waals surface area contributed by atoms with Gasteiger partial charge in [-0.15, -0.1) is 0 Å². The molecule has 2 aromatic rings. The van der Waals surface area contributed by atoms with Crippen molar-refractivity contribution >= 4 is 29.1 Å². The third kappa shape index (κ3) is 5.57. The number of rotatable bonds is 8. The standard InChI is InChI=1S/C21H25Cl2N3O5/c1-3-12-11-26(21(29)25-20(12)28)19-9-16(30-4-2)17(31-19)10-24-18(27)8-13-14(22)6-5-7-15(13)23/h5-7,11,16-17,19H,3-4,8-10H2,1-2H3,(H,24,27)(H,25,28,29)/t16-,17+,19+/m0/s1. The summed E-state index contributed by atoms with van der Waals surface area (Å²) in [6.07, 6.45) is 1.08. The Balaban J connectivity index is 1.69. The van der Waals surface area contributed by atoms with Crippen LogP contribution in [-0.2, 0) is 27.1 Å². The minimum absolute atomic E-state index is 0.0349. The summed E-state index contributed by atoms with van der Waals surface area (Å²) in [6.45, 7) is 4.35. The SMILES string of the molecule is CCO[C@H]1C[C@H](n2cc(CC)c(=O)[nH]c2=O)O[C@@H]1CNC(=O)Cc1c(Cl)cccc1Cl. The predicted molar refractivity (Wildman–Crippen MR) is 118 cm³/mol. The van der Waals surface area contributed by atoms with Crippen LogP contribution in [-0.4, -0.2) is 40.8 Å². The Morgan fingerprint density at radius 2 is 2.00 bits per heavy atom. The molecule has 1 aliphatic heterocycles. The number of nitrogens with zero attached hydrogens (tertiary/aromatic N) is 1. The number of H-pyrrole nitrogens is 1. The van der Waals surface area contributed by atoms with Gasteiger partial charge in [-0.05, 0) is 31.0 Å². The van der Waals surface area contributed by atoms with Crippen LogP contribution in [0.15, 0.2) is 34.0 Å². The highest BCUT2D eigenvalue weighted by atomic mass is 35.5.